The second kappa shape index (κ2) is 10.8. The maximum Gasteiger partial charge on any atom is 0.263 e. The van der Waals surface area contributed by atoms with E-state index in [9.17, 15) is 9.90 Å². The highest BCUT2D eigenvalue weighted by Gasteiger charge is 2.24. The Hall–Kier alpha value is -2.94. The Morgan fingerprint density at radius 3 is 2.85 bits per heavy atom. The predicted molar refractivity (Wildman–Crippen MR) is 126 cm³/mol. The third kappa shape index (κ3) is 5.71. The number of nitrogens with one attached hydrogen (secondary N) is 2. The summed E-state index contributed by atoms with van der Waals surface area (Å²) in [6, 6.07) is 9.74. The lowest BCUT2D eigenvalue weighted by molar-refractivity contribution is -0.142. The summed E-state index contributed by atoms with van der Waals surface area (Å²) in [4.78, 5) is 21.9. The van der Waals surface area contributed by atoms with Gasteiger partial charge in [-0.1, -0.05) is 18.2 Å². The lowest BCUT2D eigenvalue weighted by Gasteiger charge is -2.29. The molecule has 3 unspecified atom stereocenters. The van der Waals surface area contributed by atoms with E-state index in [0.717, 1.165) is 28.5 Å². The number of H-pyrrole nitrogens is 1. The van der Waals surface area contributed by atoms with Crippen LogP contribution in [0.3, 0.4) is 0 Å². The summed E-state index contributed by atoms with van der Waals surface area (Å²) in [5, 5.41) is 14.8. The lowest BCUT2D eigenvalue weighted by atomic mass is 10.1. The van der Waals surface area contributed by atoms with E-state index < -0.39 is 12.2 Å². The van der Waals surface area contributed by atoms with Crippen molar-refractivity contribution in [3.8, 4) is 5.75 Å². The third-order valence-electron chi connectivity index (χ3n) is 5.99. The van der Waals surface area contributed by atoms with Crippen LogP contribution in [0.5, 0.6) is 5.75 Å². The number of carbonyl (C=O) groups is 1. The number of hydrogen-bond acceptors (Lipinski definition) is 6. The van der Waals surface area contributed by atoms with Crippen molar-refractivity contribution < 1.29 is 19.4 Å². The van der Waals surface area contributed by atoms with Crippen LogP contribution in [0.4, 0.5) is 0 Å². The van der Waals surface area contributed by atoms with Gasteiger partial charge in [0.15, 0.2) is 6.10 Å². The monoisotopic (exact) mass is 452 g/mol. The minimum Gasteiger partial charge on any atom is -0.479 e. The number of aliphatic hydroxyl groups is 1. The molecule has 1 amide bonds. The number of ether oxygens (including phenoxy) is 2. The number of amides is 1. The van der Waals surface area contributed by atoms with Crippen LogP contribution in [0.25, 0.3) is 10.9 Å². The smallest absolute Gasteiger partial charge is 0.263 e. The topological polar surface area (TPSA) is 99.7 Å². The van der Waals surface area contributed by atoms with Crippen molar-refractivity contribution in [1.29, 1.82) is 0 Å². The number of benzene rings is 1. The van der Waals surface area contributed by atoms with E-state index in [1.807, 2.05) is 30.5 Å². The van der Waals surface area contributed by atoms with Gasteiger partial charge in [0, 0.05) is 55.2 Å². The molecule has 1 saturated heterocycles. The van der Waals surface area contributed by atoms with Crippen LogP contribution in [0.15, 0.2) is 48.9 Å². The molecule has 3 atom stereocenters. The number of fused-ring (bicyclic) bond motifs is 1. The van der Waals surface area contributed by atoms with Gasteiger partial charge in [-0.15, -0.1) is 0 Å². The first-order chi connectivity index (χ1) is 16.0. The molecule has 176 valence electrons. The average molecular weight is 453 g/mol. The number of para-hydroxylation sites is 1. The molecular formula is C25H32N4O4. The van der Waals surface area contributed by atoms with Gasteiger partial charge in [0.25, 0.3) is 5.91 Å². The van der Waals surface area contributed by atoms with Gasteiger partial charge in [-0.3, -0.25) is 9.78 Å². The number of carbonyl (C=O) groups excluding carboxylic acids is 1. The first kappa shape index (κ1) is 23.2. The van der Waals surface area contributed by atoms with Gasteiger partial charge in [0.1, 0.15) is 5.75 Å². The van der Waals surface area contributed by atoms with Gasteiger partial charge in [-0.2, -0.15) is 0 Å². The van der Waals surface area contributed by atoms with Gasteiger partial charge in [-0.05, 0) is 38.0 Å². The molecule has 4 rings (SSSR count). The molecule has 33 heavy (non-hydrogen) atoms. The van der Waals surface area contributed by atoms with Gasteiger partial charge in [0.05, 0.1) is 24.8 Å². The number of aliphatic hydroxyl groups excluding tert-OH is 1. The van der Waals surface area contributed by atoms with Crippen molar-refractivity contribution >= 4 is 16.8 Å². The molecule has 1 fully saturated rings. The van der Waals surface area contributed by atoms with E-state index in [1.165, 1.54) is 0 Å². The number of hydrogen-bond donors (Lipinski definition) is 3. The highest BCUT2D eigenvalue weighted by molar-refractivity contribution is 5.89. The van der Waals surface area contributed by atoms with Crippen LogP contribution in [0, 0.1) is 0 Å². The number of rotatable bonds is 9. The second-order valence-electron chi connectivity index (χ2n) is 8.51. The standard InChI is InChI=1S/C25H32N4O4/c1-17(27-16-22(30)19-5-4-8-26-14-19)13-20-15-28-24-21(20)6-3-7-23(24)33-18(2)25(31)29-9-11-32-12-10-29/h3-8,14-15,17-18,22,27-28,30H,9-13,16H2,1-2H3. The fraction of sp³-hybridized carbons (Fsp3) is 0.440. The van der Waals surface area contributed by atoms with Crippen LogP contribution < -0.4 is 10.1 Å². The Morgan fingerprint density at radius 1 is 1.27 bits per heavy atom. The fourth-order valence-electron chi connectivity index (χ4n) is 4.14. The summed E-state index contributed by atoms with van der Waals surface area (Å²) in [6.45, 7) is 6.68. The molecular weight excluding hydrogens is 420 g/mol. The second-order valence-corrected chi connectivity index (χ2v) is 8.51. The Kier molecular flexibility index (Phi) is 7.59. The van der Waals surface area contributed by atoms with Crippen molar-refractivity contribution in [3.63, 3.8) is 0 Å². The van der Waals surface area contributed by atoms with E-state index >= 15 is 0 Å². The summed E-state index contributed by atoms with van der Waals surface area (Å²) in [5.41, 5.74) is 2.84. The van der Waals surface area contributed by atoms with Crippen molar-refractivity contribution in [3.05, 3.63) is 60.0 Å². The summed E-state index contributed by atoms with van der Waals surface area (Å²) < 4.78 is 11.4. The normalized spacial score (nSPS) is 17.0. The number of aromatic amines is 1. The fourth-order valence-corrected chi connectivity index (χ4v) is 4.14. The van der Waals surface area contributed by atoms with Crippen LogP contribution in [0.1, 0.15) is 31.1 Å². The summed E-state index contributed by atoms with van der Waals surface area (Å²) in [5.74, 6) is 0.646. The van der Waals surface area contributed by atoms with Crippen molar-refractivity contribution in [2.24, 2.45) is 0 Å². The molecule has 1 aromatic carbocycles. The van der Waals surface area contributed by atoms with Crippen LogP contribution >= 0.6 is 0 Å². The van der Waals surface area contributed by atoms with E-state index in [2.05, 4.69) is 28.3 Å². The van der Waals surface area contributed by atoms with Crippen molar-refractivity contribution in [2.75, 3.05) is 32.8 Å². The van der Waals surface area contributed by atoms with E-state index in [1.54, 1.807) is 24.2 Å². The third-order valence-corrected chi connectivity index (χ3v) is 5.99. The zero-order valence-corrected chi connectivity index (χ0v) is 19.2. The zero-order chi connectivity index (χ0) is 23.2. The first-order valence-corrected chi connectivity index (χ1v) is 11.5. The lowest BCUT2D eigenvalue weighted by Crippen LogP contribution is -2.46. The minimum absolute atomic E-state index is 0.0212. The molecule has 2 aromatic heterocycles. The van der Waals surface area contributed by atoms with E-state index in [4.69, 9.17) is 9.47 Å². The number of pyridine rings is 1. The van der Waals surface area contributed by atoms with Gasteiger partial charge in [-0.25, -0.2) is 0 Å². The van der Waals surface area contributed by atoms with Crippen LogP contribution in [-0.2, 0) is 16.0 Å². The average Bonchev–Trinajstić information content (AvgIpc) is 3.26. The van der Waals surface area contributed by atoms with Crippen molar-refractivity contribution in [2.45, 2.75) is 38.5 Å². The summed E-state index contributed by atoms with van der Waals surface area (Å²) in [6.07, 6.45) is 4.97. The molecule has 0 radical (unpaired) electrons. The molecule has 8 heteroatoms. The number of morpholine rings is 1. The quantitative estimate of drug-likeness (QED) is 0.461. The molecule has 8 nitrogen and oxygen atoms in total. The van der Waals surface area contributed by atoms with Crippen molar-refractivity contribution in [1.82, 2.24) is 20.2 Å². The summed E-state index contributed by atoms with van der Waals surface area (Å²) in [7, 11) is 0. The number of aromatic nitrogens is 2. The van der Waals surface area contributed by atoms with Gasteiger partial charge in [0.2, 0.25) is 0 Å². The molecule has 1 aliphatic rings. The number of nitrogens with zero attached hydrogens (tertiary/aromatic N) is 2. The molecule has 1 aliphatic heterocycles. The molecule has 3 N–H and O–H groups in total. The Morgan fingerprint density at radius 2 is 2.09 bits per heavy atom. The zero-order valence-electron chi connectivity index (χ0n) is 19.2. The molecule has 0 spiro atoms. The minimum atomic E-state index is -0.602. The van der Waals surface area contributed by atoms with E-state index in [0.29, 0.717) is 38.6 Å². The Balaban J connectivity index is 1.37. The molecule has 3 heterocycles. The summed E-state index contributed by atoms with van der Waals surface area (Å²) >= 11 is 0. The van der Waals surface area contributed by atoms with Crippen LogP contribution in [-0.4, -0.2) is 70.9 Å². The Labute approximate surface area is 193 Å². The highest BCUT2D eigenvalue weighted by Crippen LogP contribution is 2.29. The largest absolute Gasteiger partial charge is 0.479 e. The highest BCUT2D eigenvalue weighted by atomic mass is 16.5. The van der Waals surface area contributed by atoms with Gasteiger partial charge >= 0.3 is 0 Å². The maximum absolute atomic E-state index is 12.7. The van der Waals surface area contributed by atoms with E-state index in [-0.39, 0.29) is 11.9 Å². The molecule has 0 bridgehead atoms. The Bertz CT molecular complexity index is 1050. The molecule has 0 aliphatic carbocycles. The molecule has 3 aromatic rings. The first-order valence-electron chi connectivity index (χ1n) is 11.5. The molecule has 0 saturated carbocycles. The van der Waals surface area contributed by atoms with Gasteiger partial charge < -0.3 is 29.8 Å². The maximum atomic E-state index is 12.7. The predicted octanol–water partition coefficient (Wildman–Crippen LogP) is 2.44. The SMILES string of the molecule is CC(Cc1c[nH]c2c(OC(C)C(=O)N3CCOCC3)cccc12)NCC(O)c1cccnc1. The van der Waals surface area contributed by atoms with Crippen LogP contribution in [0.2, 0.25) is 0 Å².